The predicted octanol–water partition coefficient (Wildman–Crippen LogP) is 3.44. The van der Waals surface area contributed by atoms with Crippen molar-refractivity contribution in [2.75, 3.05) is 29.0 Å². The number of sulfonamides is 1. The predicted molar refractivity (Wildman–Crippen MR) is 111 cm³/mol. The topological polar surface area (TPSA) is 119 Å². The van der Waals surface area contributed by atoms with E-state index in [9.17, 15) is 23.3 Å². The second-order valence-electron chi connectivity index (χ2n) is 6.08. The smallest absolute Gasteiger partial charge is 0.271 e. The number of non-ortho nitro benzene ring substituents is 1. The Morgan fingerprint density at radius 3 is 2.45 bits per heavy atom. The molecule has 0 fully saturated rings. The van der Waals surface area contributed by atoms with Crippen molar-refractivity contribution in [1.29, 1.82) is 0 Å². The van der Waals surface area contributed by atoms with Crippen LogP contribution in [0.4, 0.5) is 17.1 Å². The Labute approximate surface area is 173 Å². The van der Waals surface area contributed by atoms with Crippen molar-refractivity contribution in [3.63, 3.8) is 0 Å². The highest BCUT2D eigenvalue weighted by molar-refractivity contribution is 7.92. The molecule has 0 bridgehead atoms. The van der Waals surface area contributed by atoms with Gasteiger partial charge in [0.15, 0.2) is 0 Å². The Kier molecular flexibility index (Phi) is 7.40. The zero-order valence-corrected chi connectivity index (χ0v) is 17.4. The van der Waals surface area contributed by atoms with E-state index in [0.717, 1.165) is 23.0 Å². The van der Waals surface area contributed by atoms with Gasteiger partial charge in [0.1, 0.15) is 12.3 Å². The van der Waals surface area contributed by atoms with Gasteiger partial charge in [0.2, 0.25) is 15.9 Å². The van der Waals surface area contributed by atoms with E-state index in [1.54, 1.807) is 12.1 Å². The van der Waals surface area contributed by atoms with Crippen molar-refractivity contribution in [3.05, 3.63) is 57.6 Å². The Hall–Kier alpha value is -2.85. The third-order valence-electron chi connectivity index (χ3n) is 3.72. The molecule has 1 N–H and O–H groups in total. The Morgan fingerprint density at radius 1 is 1.24 bits per heavy atom. The maximum Gasteiger partial charge on any atom is 0.271 e. The first-order valence-electron chi connectivity index (χ1n) is 8.56. The summed E-state index contributed by atoms with van der Waals surface area (Å²) >= 11 is 5.96. The van der Waals surface area contributed by atoms with Crippen LogP contribution in [0.3, 0.4) is 0 Å². The maximum atomic E-state index is 12.4. The molecule has 11 heteroatoms. The van der Waals surface area contributed by atoms with Gasteiger partial charge in [-0.15, -0.1) is 0 Å². The van der Waals surface area contributed by atoms with Crippen LogP contribution in [0.2, 0.25) is 5.02 Å². The number of halogens is 1. The van der Waals surface area contributed by atoms with E-state index in [-0.39, 0.29) is 22.1 Å². The van der Waals surface area contributed by atoms with E-state index in [0.29, 0.717) is 12.4 Å². The highest BCUT2D eigenvalue weighted by Crippen LogP contribution is 2.27. The van der Waals surface area contributed by atoms with Crippen molar-refractivity contribution >= 4 is 44.6 Å². The van der Waals surface area contributed by atoms with Gasteiger partial charge in [0.25, 0.3) is 5.69 Å². The minimum atomic E-state index is -3.78. The number of nitrogens with one attached hydrogen (secondary N) is 1. The molecule has 0 aliphatic heterocycles. The Balaban J connectivity index is 2.20. The largest absolute Gasteiger partial charge is 0.494 e. The van der Waals surface area contributed by atoms with Gasteiger partial charge in [-0.05, 0) is 36.8 Å². The Morgan fingerprint density at radius 2 is 1.90 bits per heavy atom. The van der Waals surface area contributed by atoms with E-state index >= 15 is 0 Å². The minimum absolute atomic E-state index is 0.0163. The number of hydrogen-bond acceptors (Lipinski definition) is 6. The molecule has 0 spiro atoms. The number of anilines is 2. The van der Waals surface area contributed by atoms with Crippen LogP contribution in [-0.4, -0.2) is 38.7 Å². The fraction of sp³-hybridized carbons (Fsp3) is 0.278. The fourth-order valence-electron chi connectivity index (χ4n) is 2.37. The highest BCUT2D eigenvalue weighted by atomic mass is 35.5. The van der Waals surface area contributed by atoms with Gasteiger partial charge in [-0.3, -0.25) is 19.2 Å². The van der Waals surface area contributed by atoms with Crippen LogP contribution >= 0.6 is 11.6 Å². The van der Waals surface area contributed by atoms with E-state index < -0.39 is 27.4 Å². The van der Waals surface area contributed by atoms with Gasteiger partial charge in [0, 0.05) is 12.1 Å². The summed E-state index contributed by atoms with van der Waals surface area (Å²) in [4.78, 5) is 22.7. The molecular formula is C18H20ClN3O6S. The molecule has 0 aliphatic carbocycles. The van der Waals surface area contributed by atoms with E-state index in [2.05, 4.69) is 5.32 Å². The summed E-state index contributed by atoms with van der Waals surface area (Å²) in [5.74, 6) is -0.124. The van der Waals surface area contributed by atoms with Gasteiger partial charge in [-0.2, -0.15) is 0 Å². The zero-order chi connectivity index (χ0) is 21.6. The van der Waals surface area contributed by atoms with Gasteiger partial charge in [-0.1, -0.05) is 18.5 Å². The van der Waals surface area contributed by atoms with E-state index in [1.165, 1.54) is 24.3 Å². The monoisotopic (exact) mass is 441 g/mol. The lowest BCUT2D eigenvalue weighted by atomic mass is 10.2. The van der Waals surface area contributed by atoms with Crippen LogP contribution in [0.5, 0.6) is 5.75 Å². The molecule has 0 atom stereocenters. The normalized spacial score (nSPS) is 11.0. The molecule has 0 aliphatic rings. The number of nitro benzene ring substituents is 1. The van der Waals surface area contributed by atoms with Crippen molar-refractivity contribution in [2.45, 2.75) is 13.3 Å². The molecule has 0 heterocycles. The van der Waals surface area contributed by atoms with Crippen LogP contribution < -0.4 is 14.4 Å². The van der Waals surface area contributed by atoms with E-state index in [1.807, 2.05) is 6.92 Å². The number of hydrogen-bond donors (Lipinski definition) is 1. The number of amides is 1. The van der Waals surface area contributed by atoms with Crippen molar-refractivity contribution in [2.24, 2.45) is 0 Å². The first kappa shape index (κ1) is 22.4. The number of benzene rings is 2. The average molecular weight is 442 g/mol. The summed E-state index contributed by atoms with van der Waals surface area (Å²) < 4.78 is 30.7. The molecule has 9 nitrogen and oxygen atoms in total. The van der Waals surface area contributed by atoms with Crippen molar-refractivity contribution in [3.8, 4) is 5.75 Å². The van der Waals surface area contributed by atoms with Crippen LogP contribution in [0, 0.1) is 10.1 Å². The first-order valence-corrected chi connectivity index (χ1v) is 10.8. The maximum absolute atomic E-state index is 12.4. The average Bonchev–Trinajstić information content (AvgIpc) is 2.65. The Bertz CT molecular complexity index is 995. The molecule has 0 unspecified atom stereocenters. The van der Waals surface area contributed by atoms with Gasteiger partial charge in [0.05, 0.1) is 34.2 Å². The highest BCUT2D eigenvalue weighted by Gasteiger charge is 2.22. The zero-order valence-electron chi connectivity index (χ0n) is 15.8. The van der Waals surface area contributed by atoms with Crippen LogP contribution in [0.25, 0.3) is 0 Å². The van der Waals surface area contributed by atoms with Gasteiger partial charge < -0.3 is 10.1 Å². The second kappa shape index (κ2) is 9.57. The fourth-order valence-corrected chi connectivity index (χ4v) is 3.39. The summed E-state index contributed by atoms with van der Waals surface area (Å²) in [5.41, 5.74) is 0.0339. The van der Waals surface area contributed by atoms with Gasteiger partial charge in [-0.25, -0.2) is 8.42 Å². The SMILES string of the molecule is CCCOc1ccc(N(CC(=O)Nc2cc([N+](=O)[O-])ccc2Cl)S(C)(=O)=O)cc1. The number of nitrogens with zero attached hydrogens (tertiary/aromatic N) is 2. The van der Waals surface area contributed by atoms with E-state index in [4.69, 9.17) is 16.3 Å². The third kappa shape index (κ3) is 6.33. The third-order valence-corrected chi connectivity index (χ3v) is 5.19. The van der Waals surface area contributed by atoms with Crippen molar-refractivity contribution < 1.29 is 22.9 Å². The number of carbonyl (C=O) groups is 1. The molecule has 29 heavy (non-hydrogen) atoms. The summed E-state index contributed by atoms with van der Waals surface area (Å²) in [6.45, 7) is 1.96. The molecule has 2 rings (SSSR count). The van der Waals surface area contributed by atoms with Crippen LogP contribution in [0.15, 0.2) is 42.5 Å². The van der Waals surface area contributed by atoms with Crippen LogP contribution in [-0.2, 0) is 14.8 Å². The summed E-state index contributed by atoms with van der Waals surface area (Å²) in [6.07, 6.45) is 1.81. The molecule has 156 valence electrons. The lowest BCUT2D eigenvalue weighted by Crippen LogP contribution is -2.37. The molecular weight excluding hydrogens is 422 g/mol. The molecule has 0 aromatic heterocycles. The molecule has 1 amide bonds. The van der Waals surface area contributed by atoms with Crippen LogP contribution in [0.1, 0.15) is 13.3 Å². The number of rotatable bonds is 9. The molecule has 2 aromatic carbocycles. The number of nitro groups is 1. The summed E-state index contributed by atoms with van der Waals surface area (Å²) in [5, 5.41) is 13.4. The second-order valence-corrected chi connectivity index (χ2v) is 8.40. The molecule has 0 saturated heterocycles. The quantitative estimate of drug-likeness (QED) is 0.470. The lowest BCUT2D eigenvalue weighted by Gasteiger charge is -2.22. The molecule has 0 saturated carbocycles. The number of carbonyl (C=O) groups excluding carboxylic acids is 1. The minimum Gasteiger partial charge on any atom is -0.494 e. The summed E-state index contributed by atoms with van der Waals surface area (Å²) in [7, 11) is -3.78. The first-order chi connectivity index (χ1) is 13.6. The standard InChI is InChI=1S/C18H20ClN3O6S/c1-3-10-28-15-7-4-13(5-8-15)21(29(2,26)27)12-18(23)20-17-11-14(22(24)25)6-9-16(17)19/h4-9,11H,3,10,12H2,1-2H3,(H,20,23). The van der Waals surface area contributed by atoms with Crippen molar-refractivity contribution in [1.82, 2.24) is 0 Å². The lowest BCUT2D eigenvalue weighted by molar-refractivity contribution is -0.384. The number of ether oxygens (including phenoxy) is 1. The molecule has 2 aromatic rings. The summed E-state index contributed by atoms with van der Waals surface area (Å²) in [6, 6.07) is 9.85. The van der Waals surface area contributed by atoms with Gasteiger partial charge >= 0.3 is 0 Å². The molecule has 0 radical (unpaired) electrons.